The minimum atomic E-state index is -0.527. The number of aromatic hydroxyl groups is 1. The second-order valence-electron chi connectivity index (χ2n) is 3.86. The minimum Gasteiger partial charge on any atom is -0.506 e. The molecule has 0 radical (unpaired) electrons. The quantitative estimate of drug-likeness (QED) is 0.466. The molecule has 0 atom stereocenters. The van der Waals surface area contributed by atoms with Gasteiger partial charge in [-0.15, -0.1) is 0 Å². The van der Waals surface area contributed by atoms with Crippen LogP contribution < -0.4 is 0 Å². The SMILES string of the molecule is O=[N+]([O-])c1cc(Br)c(O)c(C=Nc2ccc(Br)cc2)c1. The Balaban J connectivity index is 2.37. The van der Waals surface area contributed by atoms with Gasteiger partial charge in [0.05, 0.1) is 15.1 Å². The molecule has 0 fully saturated rings. The van der Waals surface area contributed by atoms with Gasteiger partial charge >= 0.3 is 0 Å². The molecule has 20 heavy (non-hydrogen) atoms. The lowest BCUT2D eigenvalue weighted by Crippen LogP contribution is -1.91. The van der Waals surface area contributed by atoms with E-state index >= 15 is 0 Å². The van der Waals surface area contributed by atoms with Gasteiger partial charge in [0, 0.05) is 28.4 Å². The molecule has 0 aliphatic heterocycles. The van der Waals surface area contributed by atoms with Crippen LogP contribution in [0.3, 0.4) is 0 Å². The van der Waals surface area contributed by atoms with Crippen molar-refractivity contribution in [3.8, 4) is 5.75 Å². The van der Waals surface area contributed by atoms with E-state index in [1.54, 1.807) is 12.1 Å². The Hall–Kier alpha value is -1.73. The van der Waals surface area contributed by atoms with E-state index in [0.717, 1.165) is 4.47 Å². The highest BCUT2D eigenvalue weighted by Gasteiger charge is 2.13. The van der Waals surface area contributed by atoms with E-state index in [4.69, 9.17) is 0 Å². The Labute approximate surface area is 131 Å². The number of phenolic OH excluding ortho intramolecular Hbond substituents is 1. The highest BCUT2D eigenvalue weighted by atomic mass is 79.9. The number of aliphatic imine (C=N–C) groups is 1. The van der Waals surface area contributed by atoms with Crippen molar-refractivity contribution in [3.05, 3.63) is 61.0 Å². The van der Waals surface area contributed by atoms with Crippen molar-refractivity contribution in [2.45, 2.75) is 0 Å². The summed E-state index contributed by atoms with van der Waals surface area (Å²) in [5.41, 5.74) is 0.830. The van der Waals surface area contributed by atoms with Crippen LogP contribution in [0.4, 0.5) is 11.4 Å². The van der Waals surface area contributed by atoms with Crippen LogP contribution in [0.2, 0.25) is 0 Å². The molecule has 0 aromatic heterocycles. The number of non-ortho nitro benzene ring substituents is 1. The van der Waals surface area contributed by atoms with Gasteiger partial charge in [-0.2, -0.15) is 0 Å². The third-order valence-electron chi connectivity index (χ3n) is 2.47. The summed E-state index contributed by atoms with van der Waals surface area (Å²) in [6, 6.07) is 9.73. The van der Waals surface area contributed by atoms with Gasteiger partial charge < -0.3 is 5.11 Å². The fourth-order valence-electron chi connectivity index (χ4n) is 1.48. The molecular formula is C13H8Br2N2O3. The molecule has 2 aromatic rings. The number of phenols is 1. The van der Waals surface area contributed by atoms with Gasteiger partial charge in [-0.05, 0) is 40.2 Å². The Bertz CT molecular complexity index is 685. The fraction of sp³-hybridized carbons (Fsp3) is 0. The van der Waals surface area contributed by atoms with Crippen molar-refractivity contribution in [1.82, 2.24) is 0 Å². The van der Waals surface area contributed by atoms with Crippen LogP contribution in [0.1, 0.15) is 5.56 Å². The summed E-state index contributed by atoms with van der Waals surface area (Å²) >= 11 is 6.39. The van der Waals surface area contributed by atoms with Gasteiger partial charge in [-0.3, -0.25) is 15.1 Å². The van der Waals surface area contributed by atoms with Crippen LogP contribution >= 0.6 is 31.9 Å². The summed E-state index contributed by atoms with van der Waals surface area (Å²) in [6.07, 6.45) is 1.39. The van der Waals surface area contributed by atoms with Crippen LogP contribution in [-0.2, 0) is 0 Å². The average Bonchev–Trinajstić information content (AvgIpc) is 2.42. The van der Waals surface area contributed by atoms with E-state index in [2.05, 4.69) is 36.9 Å². The third-order valence-corrected chi connectivity index (χ3v) is 3.60. The van der Waals surface area contributed by atoms with Gasteiger partial charge in [0.2, 0.25) is 0 Å². The molecule has 0 unspecified atom stereocenters. The monoisotopic (exact) mass is 398 g/mol. The first-order chi connectivity index (χ1) is 9.47. The van der Waals surface area contributed by atoms with E-state index in [9.17, 15) is 15.2 Å². The maximum absolute atomic E-state index is 10.8. The zero-order valence-corrected chi connectivity index (χ0v) is 13.1. The number of halogens is 2. The molecule has 0 saturated carbocycles. The number of benzene rings is 2. The first-order valence-corrected chi connectivity index (χ1v) is 7.02. The van der Waals surface area contributed by atoms with E-state index in [1.165, 1.54) is 18.3 Å². The number of nitrogens with zero attached hydrogens (tertiary/aromatic N) is 2. The normalized spacial score (nSPS) is 10.9. The number of hydrogen-bond acceptors (Lipinski definition) is 4. The fourth-order valence-corrected chi connectivity index (χ4v) is 2.21. The molecule has 5 nitrogen and oxygen atoms in total. The molecule has 0 bridgehead atoms. The van der Waals surface area contributed by atoms with Gasteiger partial charge in [0.25, 0.3) is 5.69 Å². The molecule has 0 saturated heterocycles. The largest absolute Gasteiger partial charge is 0.506 e. The molecule has 0 aliphatic rings. The molecule has 7 heteroatoms. The second kappa shape index (κ2) is 6.15. The maximum atomic E-state index is 10.8. The van der Waals surface area contributed by atoms with Crippen LogP contribution in [0.15, 0.2) is 50.3 Å². The Kier molecular flexibility index (Phi) is 4.51. The van der Waals surface area contributed by atoms with E-state index in [1.807, 2.05) is 12.1 Å². The molecule has 1 N–H and O–H groups in total. The smallest absolute Gasteiger partial charge is 0.271 e. The van der Waals surface area contributed by atoms with Gasteiger partial charge in [0.1, 0.15) is 5.75 Å². The number of nitro benzene ring substituents is 1. The lowest BCUT2D eigenvalue weighted by Gasteiger charge is -2.02. The molecule has 2 aromatic carbocycles. The zero-order valence-electron chi connectivity index (χ0n) is 9.96. The predicted molar refractivity (Wildman–Crippen MR) is 83.9 cm³/mol. The highest BCUT2D eigenvalue weighted by Crippen LogP contribution is 2.31. The maximum Gasteiger partial charge on any atom is 0.271 e. The van der Waals surface area contributed by atoms with Crippen molar-refractivity contribution >= 4 is 49.4 Å². The minimum absolute atomic E-state index is 0.0866. The lowest BCUT2D eigenvalue weighted by molar-refractivity contribution is -0.385. The van der Waals surface area contributed by atoms with E-state index in [0.29, 0.717) is 5.69 Å². The van der Waals surface area contributed by atoms with Crippen molar-refractivity contribution in [3.63, 3.8) is 0 Å². The molecular weight excluding hydrogens is 392 g/mol. The molecule has 0 spiro atoms. The van der Waals surface area contributed by atoms with Gasteiger partial charge in [-0.1, -0.05) is 15.9 Å². The van der Waals surface area contributed by atoms with E-state index in [-0.39, 0.29) is 21.5 Å². The summed E-state index contributed by atoms with van der Waals surface area (Å²) in [5.74, 6) is -0.0866. The van der Waals surface area contributed by atoms with Crippen molar-refractivity contribution < 1.29 is 10.0 Å². The second-order valence-corrected chi connectivity index (χ2v) is 5.63. The Morgan fingerprint density at radius 1 is 1.20 bits per heavy atom. The Morgan fingerprint density at radius 2 is 1.85 bits per heavy atom. The molecule has 0 aliphatic carbocycles. The van der Waals surface area contributed by atoms with Crippen molar-refractivity contribution in [2.24, 2.45) is 4.99 Å². The number of hydrogen-bond donors (Lipinski definition) is 1. The first kappa shape index (κ1) is 14.7. The molecule has 2 rings (SSSR count). The van der Waals surface area contributed by atoms with Gasteiger partial charge in [0.15, 0.2) is 0 Å². The molecule has 102 valence electrons. The average molecular weight is 400 g/mol. The predicted octanol–water partition coefficient (Wildman–Crippen LogP) is 4.58. The number of nitro groups is 1. The summed E-state index contributed by atoms with van der Waals surface area (Å²) < 4.78 is 1.18. The highest BCUT2D eigenvalue weighted by molar-refractivity contribution is 9.10. The molecule has 0 heterocycles. The summed E-state index contributed by atoms with van der Waals surface area (Å²) in [7, 11) is 0. The number of rotatable bonds is 3. The topological polar surface area (TPSA) is 75.7 Å². The van der Waals surface area contributed by atoms with Crippen molar-refractivity contribution in [1.29, 1.82) is 0 Å². The third kappa shape index (κ3) is 3.43. The standard InChI is InChI=1S/C13H8Br2N2O3/c14-9-1-3-10(4-2-9)16-7-8-5-11(17(19)20)6-12(15)13(8)18/h1-7,18H. The van der Waals surface area contributed by atoms with Crippen LogP contribution in [0.25, 0.3) is 0 Å². The summed E-state index contributed by atoms with van der Waals surface area (Å²) in [5, 5.41) is 20.6. The van der Waals surface area contributed by atoms with Crippen LogP contribution in [0.5, 0.6) is 5.75 Å². The van der Waals surface area contributed by atoms with Crippen LogP contribution in [-0.4, -0.2) is 16.2 Å². The first-order valence-electron chi connectivity index (χ1n) is 5.44. The zero-order chi connectivity index (χ0) is 14.7. The lowest BCUT2D eigenvalue weighted by atomic mass is 10.2. The summed E-state index contributed by atoms with van der Waals surface area (Å²) in [4.78, 5) is 14.4. The summed E-state index contributed by atoms with van der Waals surface area (Å²) in [6.45, 7) is 0. The van der Waals surface area contributed by atoms with Crippen LogP contribution in [0, 0.1) is 10.1 Å². The van der Waals surface area contributed by atoms with Crippen molar-refractivity contribution in [2.75, 3.05) is 0 Å². The Morgan fingerprint density at radius 3 is 2.45 bits per heavy atom. The van der Waals surface area contributed by atoms with Gasteiger partial charge in [-0.25, -0.2) is 0 Å². The molecule has 0 amide bonds. The van der Waals surface area contributed by atoms with E-state index < -0.39 is 4.92 Å².